The van der Waals surface area contributed by atoms with Gasteiger partial charge in [-0.15, -0.1) is 0 Å². The van der Waals surface area contributed by atoms with Crippen LogP contribution in [0.3, 0.4) is 0 Å². The summed E-state index contributed by atoms with van der Waals surface area (Å²) in [5.41, 5.74) is 0. The van der Waals surface area contributed by atoms with E-state index >= 15 is 0 Å². The van der Waals surface area contributed by atoms with E-state index in [4.69, 9.17) is 4.74 Å². The van der Waals surface area contributed by atoms with Gasteiger partial charge >= 0.3 is 0 Å². The number of nitrogens with one attached hydrogen (secondary N) is 1. The Kier molecular flexibility index (Phi) is 4.18. The largest absolute Gasteiger partial charge is 0.383 e. The van der Waals surface area contributed by atoms with Gasteiger partial charge in [0.1, 0.15) is 0 Å². The molecule has 0 radical (unpaired) electrons. The van der Waals surface area contributed by atoms with E-state index in [1.54, 1.807) is 12.0 Å². The molecule has 1 rings (SSSR count). The van der Waals surface area contributed by atoms with Crippen LogP contribution in [0.25, 0.3) is 0 Å². The monoisotopic (exact) mass is 186 g/mol. The third-order valence-electron chi connectivity index (χ3n) is 2.37. The molecule has 1 atom stereocenters. The van der Waals surface area contributed by atoms with E-state index in [1.807, 2.05) is 7.05 Å². The van der Waals surface area contributed by atoms with Crippen LogP contribution in [0.5, 0.6) is 0 Å². The zero-order valence-corrected chi connectivity index (χ0v) is 8.38. The van der Waals surface area contributed by atoms with E-state index < -0.39 is 0 Å². The molecular weight excluding hydrogens is 168 g/mol. The summed E-state index contributed by atoms with van der Waals surface area (Å²) in [5.74, 6) is 0.189. The molecule has 0 spiro atoms. The van der Waals surface area contributed by atoms with E-state index in [0.717, 1.165) is 19.4 Å². The summed E-state index contributed by atoms with van der Waals surface area (Å²) in [7, 11) is 3.47. The van der Waals surface area contributed by atoms with Gasteiger partial charge in [-0.2, -0.15) is 0 Å². The number of nitrogens with zero attached hydrogens (tertiary/aromatic N) is 1. The molecule has 1 amide bonds. The maximum absolute atomic E-state index is 11.7. The topological polar surface area (TPSA) is 41.6 Å². The molecule has 4 heteroatoms. The van der Waals surface area contributed by atoms with Gasteiger partial charge in [-0.25, -0.2) is 0 Å². The first kappa shape index (κ1) is 10.5. The third-order valence-corrected chi connectivity index (χ3v) is 2.37. The fourth-order valence-corrected chi connectivity index (χ4v) is 1.50. The molecule has 13 heavy (non-hydrogen) atoms. The van der Waals surface area contributed by atoms with Gasteiger partial charge in [0.05, 0.1) is 12.6 Å². The summed E-state index contributed by atoms with van der Waals surface area (Å²) in [6.45, 7) is 2.25. The first-order valence-electron chi connectivity index (χ1n) is 4.73. The van der Waals surface area contributed by atoms with Gasteiger partial charge in [-0.1, -0.05) is 0 Å². The SMILES string of the molecule is COCCN(C)C(=O)[C@@H]1CCCN1. The lowest BCUT2D eigenvalue weighted by molar-refractivity contribution is -0.132. The summed E-state index contributed by atoms with van der Waals surface area (Å²) >= 11 is 0. The van der Waals surface area contributed by atoms with Crippen molar-refractivity contribution in [3.63, 3.8) is 0 Å². The summed E-state index contributed by atoms with van der Waals surface area (Å²) < 4.78 is 4.91. The van der Waals surface area contributed by atoms with E-state index in [0.29, 0.717) is 13.2 Å². The minimum atomic E-state index is 0.0434. The van der Waals surface area contributed by atoms with Crippen molar-refractivity contribution >= 4 is 5.91 Å². The average Bonchev–Trinajstić information content (AvgIpc) is 2.65. The Morgan fingerprint density at radius 1 is 1.69 bits per heavy atom. The Morgan fingerprint density at radius 3 is 3.00 bits per heavy atom. The molecule has 0 bridgehead atoms. The van der Waals surface area contributed by atoms with Crippen LogP contribution >= 0.6 is 0 Å². The second-order valence-electron chi connectivity index (χ2n) is 3.40. The van der Waals surface area contributed by atoms with Crippen molar-refractivity contribution in [3.05, 3.63) is 0 Å². The van der Waals surface area contributed by atoms with Crippen molar-refractivity contribution in [3.8, 4) is 0 Å². The van der Waals surface area contributed by atoms with Crippen LogP contribution in [0.1, 0.15) is 12.8 Å². The van der Waals surface area contributed by atoms with Crippen LogP contribution in [0.4, 0.5) is 0 Å². The molecule has 1 fully saturated rings. The van der Waals surface area contributed by atoms with Crippen molar-refractivity contribution in [1.29, 1.82) is 0 Å². The van der Waals surface area contributed by atoms with Gasteiger partial charge in [-0.3, -0.25) is 4.79 Å². The first-order chi connectivity index (χ1) is 6.25. The second-order valence-corrected chi connectivity index (χ2v) is 3.40. The van der Waals surface area contributed by atoms with Crippen LogP contribution in [0.15, 0.2) is 0 Å². The highest BCUT2D eigenvalue weighted by atomic mass is 16.5. The van der Waals surface area contributed by atoms with Crippen LogP contribution in [0, 0.1) is 0 Å². The lowest BCUT2D eigenvalue weighted by Gasteiger charge is -2.20. The van der Waals surface area contributed by atoms with Crippen molar-refractivity contribution < 1.29 is 9.53 Å². The first-order valence-corrected chi connectivity index (χ1v) is 4.73. The molecule has 0 saturated carbocycles. The van der Waals surface area contributed by atoms with Gasteiger partial charge < -0.3 is 15.0 Å². The number of amides is 1. The summed E-state index contributed by atoms with van der Waals surface area (Å²) in [5, 5.41) is 3.18. The second kappa shape index (κ2) is 5.19. The van der Waals surface area contributed by atoms with E-state index in [-0.39, 0.29) is 11.9 Å². The van der Waals surface area contributed by atoms with Gasteiger partial charge in [0.2, 0.25) is 5.91 Å². The van der Waals surface area contributed by atoms with E-state index in [1.165, 1.54) is 0 Å². The minimum Gasteiger partial charge on any atom is -0.383 e. The predicted molar refractivity (Wildman–Crippen MR) is 50.5 cm³/mol. The van der Waals surface area contributed by atoms with Crippen LogP contribution in [-0.2, 0) is 9.53 Å². The molecule has 1 aliphatic rings. The van der Waals surface area contributed by atoms with Crippen molar-refractivity contribution in [2.24, 2.45) is 0 Å². The van der Waals surface area contributed by atoms with Crippen molar-refractivity contribution in [1.82, 2.24) is 10.2 Å². The normalized spacial score (nSPS) is 21.8. The molecule has 1 heterocycles. The molecule has 0 aliphatic carbocycles. The number of hydrogen-bond acceptors (Lipinski definition) is 3. The molecule has 4 nitrogen and oxygen atoms in total. The number of rotatable bonds is 4. The van der Waals surface area contributed by atoms with Gasteiger partial charge in [0, 0.05) is 20.7 Å². The third kappa shape index (κ3) is 2.97. The van der Waals surface area contributed by atoms with Gasteiger partial charge in [0.15, 0.2) is 0 Å². The highest BCUT2D eigenvalue weighted by Crippen LogP contribution is 2.07. The lowest BCUT2D eigenvalue weighted by atomic mass is 10.2. The van der Waals surface area contributed by atoms with Crippen LogP contribution in [0.2, 0.25) is 0 Å². The highest BCUT2D eigenvalue weighted by Gasteiger charge is 2.24. The zero-order valence-electron chi connectivity index (χ0n) is 8.38. The Bertz CT molecular complexity index is 167. The standard InChI is InChI=1S/C9H18N2O2/c1-11(6-7-13-2)9(12)8-4-3-5-10-8/h8,10H,3-7H2,1-2H3/t8-/m0/s1. The average molecular weight is 186 g/mol. The zero-order chi connectivity index (χ0) is 9.68. The summed E-state index contributed by atoms with van der Waals surface area (Å²) in [6.07, 6.45) is 2.07. The Hall–Kier alpha value is -0.610. The maximum Gasteiger partial charge on any atom is 0.239 e. The molecule has 1 aliphatic heterocycles. The number of carbonyl (C=O) groups is 1. The van der Waals surface area contributed by atoms with Crippen molar-refractivity contribution in [2.75, 3.05) is 33.9 Å². The Morgan fingerprint density at radius 2 is 2.46 bits per heavy atom. The minimum absolute atomic E-state index is 0.0434. The molecule has 76 valence electrons. The van der Waals surface area contributed by atoms with E-state index in [9.17, 15) is 4.79 Å². The lowest BCUT2D eigenvalue weighted by Crippen LogP contribution is -2.42. The maximum atomic E-state index is 11.7. The van der Waals surface area contributed by atoms with Crippen molar-refractivity contribution in [2.45, 2.75) is 18.9 Å². The molecular formula is C9H18N2O2. The molecule has 0 unspecified atom stereocenters. The molecule has 1 N–H and O–H groups in total. The number of carbonyl (C=O) groups excluding carboxylic acids is 1. The number of ether oxygens (including phenoxy) is 1. The molecule has 1 saturated heterocycles. The Balaban J connectivity index is 2.28. The van der Waals surface area contributed by atoms with Crippen LogP contribution < -0.4 is 5.32 Å². The summed E-state index contributed by atoms with van der Waals surface area (Å²) in [6, 6.07) is 0.0434. The number of methoxy groups -OCH3 is 1. The quantitative estimate of drug-likeness (QED) is 0.663. The molecule has 0 aromatic rings. The van der Waals surface area contributed by atoms with E-state index in [2.05, 4.69) is 5.32 Å². The predicted octanol–water partition coefficient (Wildman–Crippen LogP) is -0.157. The molecule has 0 aromatic carbocycles. The smallest absolute Gasteiger partial charge is 0.239 e. The number of likely N-dealkylation sites (N-methyl/N-ethyl adjacent to an activating group) is 1. The fraction of sp³-hybridized carbons (Fsp3) is 0.889. The van der Waals surface area contributed by atoms with Gasteiger partial charge in [0.25, 0.3) is 0 Å². The highest BCUT2D eigenvalue weighted by molar-refractivity contribution is 5.81. The summed E-state index contributed by atoms with van der Waals surface area (Å²) in [4.78, 5) is 13.4. The van der Waals surface area contributed by atoms with Gasteiger partial charge in [-0.05, 0) is 19.4 Å². The fourth-order valence-electron chi connectivity index (χ4n) is 1.50. The van der Waals surface area contributed by atoms with Crippen LogP contribution in [-0.4, -0.2) is 50.7 Å². The molecule has 0 aromatic heterocycles. The Labute approximate surface area is 79.2 Å². The number of hydrogen-bond donors (Lipinski definition) is 1.